The molecule has 1 heterocycles. The van der Waals surface area contributed by atoms with Crippen molar-refractivity contribution in [3.05, 3.63) is 59.2 Å². The number of fused-ring (bicyclic) bond motifs is 1. The molecule has 0 radical (unpaired) electrons. The van der Waals surface area contributed by atoms with Gasteiger partial charge in [0.05, 0.1) is 11.9 Å². The molecule has 4 rings (SSSR count). The topological polar surface area (TPSA) is 65.2 Å². The van der Waals surface area contributed by atoms with Gasteiger partial charge < -0.3 is 9.15 Å². The van der Waals surface area contributed by atoms with E-state index in [0.29, 0.717) is 17.7 Å². The van der Waals surface area contributed by atoms with Gasteiger partial charge in [-0.25, -0.2) is 0 Å². The fourth-order valence-electron chi connectivity index (χ4n) is 3.40. The molecule has 1 aliphatic rings. The number of aryl methyl sites for hydroxylation is 2. The lowest BCUT2D eigenvalue weighted by Gasteiger charge is -2.09. The Labute approximate surface area is 168 Å². The Bertz CT molecular complexity index is 982. The molecule has 144 valence electrons. The highest BCUT2D eigenvalue weighted by Crippen LogP contribution is 2.30. The summed E-state index contributed by atoms with van der Waals surface area (Å²) in [7, 11) is 0. The van der Waals surface area contributed by atoms with Crippen molar-refractivity contribution in [1.82, 2.24) is 10.2 Å². The third-order valence-electron chi connectivity index (χ3n) is 4.85. The van der Waals surface area contributed by atoms with Gasteiger partial charge in [-0.15, -0.1) is 10.2 Å². The summed E-state index contributed by atoms with van der Waals surface area (Å²) in [6, 6.07) is 13.6. The summed E-state index contributed by atoms with van der Waals surface area (Å²) >= 11 is 1.29. The summed E-state index contributed by atoms with van der Waals surface area (Å²) in [6.45, 7) is 4.44. The first-order valence-electron chi connectivity index (χ1n) is 9.53. The molecular formula is C22H22N2O3S. The van der Waals surface area contributed by atoms with Crippen molar-refractivity contribution in [3.63, 3.8) is 0 Å². The molecular weight excluding hydrogens is 372 g/mol. The number of rotatable bonds is 7. The Hall–Kier alpha value is -2.60. The zero-order chi connectivity index (χ0) is 19.5. The van der Waals surface area contributed by atoms with Gasteiger partial charge in [0.2, 0.25) is 5.89 Å². The second kappa shape index (κ2) is 8.19. The summed E-state index contributed by atoms with van der Waals surface area (Å²) in [4.78, 5) is 12.8. The Morgan fingerprint density at radius 2 is 1.93 bits per heavy atom. The minimum Gasteiger partial charge on any atom is -0.494 e. The number of ether oxygens (including phenoxy) is 1. The molecule has 0 bridgehead atoms. The number of hydrogen-bond donors (Lipinski definition) is 0. The van der Waals surface area contributed by atoms with Crippen LogP contribution in [0.3, 0.4) is 0 Å². The van der Waals surface area contributed by atoms with Crippen LogP contribution in [0.5, 0.6) is 5.75 Å². The monoisotopic (exact) mass is 394 g/mol. The largest absolute Gasteiger partial charge is 0.494 e. The fourth-order valence-corrected chi connectivity index (χ4v) is 4.16. The minimum absolute atomic E-state index is 0.0838. The molecule has 0 spiro atoms. The van der Waals surface area contributed by atoms with Crippen molar-refractivity contribution in [2.45, 2.75) is 43.6 Å². The average molecular weight is 394 g/mol. The van der Waals surface area contributed by atoms with Gasteiger partial charge in [-0.2, -0.15) is 0 Å². The van der Waals surface area contributed by atoms with E-state index in [4.69, 9.17) is 9.15 Å². The van der Waals surface area contributed by atoms with Gasteiger partial charge in [-0.3, -0.25) is 4.79 Å². The van der Waals surface area contributed by atoms with E-state index in [9.17, 15) is 4.79 Å². The zero-order valence-corrected chi connectivity index (χ0v) is 16.8. The Morgan fingerprint density at radius 3 is 2.71 bits per heavy atom. The van der Waals surface area contributed by atoms with Gasteiger partial charge >= 0.3 is 0 Å². The Morgan fingerprint density at radius 1 is 1.14 bits per heavy atom. The van der Waals surface area contributed by atoms with Gasteiger partial charge in [0.1, 0.15) is 5.75 Å². The number of aromatic nitrogens is 2. The van der Waals surface area contributed by atoms with Crippen molar-refractivity contribution in [2.75, 3.05) is 6.61 Å². The van der Waals surface area contributed by atoms with Crippen molar-refractivity contribution >= 4 is 17.5 Å². The van der Waals surface area contributed by atoms with E-state index in [1.807, 2.05) is 50.2 Å². The Balaban J connectivity index is 1.43. The van der Waals surface area contributed by atoms with Crippen LogP contribution in [-0.4, -0.2) is 27.8 Å². The SMILES string of the molecule is CCOc1ccc(-c2nnc(S[C@@H](C)C(=O)c3ccc4c(c3)CCC4)o2)cc1. The predicted octanol–water partition coefficient (Wildman–Crippen LogP) is 4.99. The third-order valence-corrected chi connectivity index (χ3v) is 5.78. The number of nitrogens with zero attached hydrogens (tertiary/aromatic N) is 2. The maximum Gasteiger partial charge on any atom is 0.277 e. The molecule has 0 N–H and O–H groups in total. The highest BCUT2D eigenvalue weighted by atomic mass is 32.2. The maximum absolute atomic E-state index is 12.8. The molecule has 3 aromatic rings. The standard InChI is InChI=1S/C22H22N2O3S/c1-3-26-19-11-9-16(10-12-19)21-23-24-22(27-21)28-14(2)20(25)18-8-7-15-5-4-6-17(15)13-18/h7-14H,3-6H2,1-2H3/t14-/m0/s1. The maximum atomic E-state index is 12.8. The van der Waals surface area contributed by atoms with Gasteiger partial charge in [-0.05, 0) is 74.6 Å². The van der Waals surface area contributed by atoms with Gasteiger partial charge in [0.15, 0.2) is 5.78 Å². The first kappa shape index (κ1) is 18.7. The number of benzene rings is 2. The highest BCUT2D eigenvalue weighted by Gasteiger charge is 2.22. The minimum atomic E-state index is -0.298. The molecule has 5 nitrogen and oxygen atoms in total. The van der Waals surface area contributed by atoms with Crippen LogP contribution in [0.25, 0.3) is 11.5 Å². The molecule has 1 atom stereocenters. The summed E-state index contributed by atoms with van der Waals surface area (Å²) in [5.74, 6) is 1.32. The van der Waals surface area contributed by atoms with Gasteiger partial charge in [-0.1, -0.05) is 23.9 Å². The molecule has 0 fully saturated rings. The van der Waals surface area contributed by atoms with Crippen LogP contribution >= 0.6 is 11.8 Å². The smallest absolute Gasteiger partial charge is 0.277 e. The predicted molar refractivity (Wildman–Crippen MR) is 109 cm³/mol. The van der Waals surface area contributed by atoms with E-state index in [2.05, 4.69) is 16.3 Å². The van der Waals surface area contributed by atoms with E-state index in [-0.39, 0.29) is 11.0 Å². The number of carbonyl (C=O) groups excluding carboxylic acids is 1. The van der Waals surface area contributed by atoms with Crippen LogP contribution in [-0.2, 0) is 12.8 Å². The number of hydrogen-bond acceptors (Lipinski definition) is 6. The van der Waals surface area contributed by atoms with Crippen molar-refractivity contribution < 1.29 is 13.9 Å². The van der Waals surface area contributed by atoms with Gasteiger partial charge in [0.25, 0.3) is 5.22 Å². The molecule has 2 aromatic carbocycles. The number of Topliss-reactive ketones (excluding diaryl/α,β-unsaturated/α-hetero) is 1. The first-order chi connectivity index (χ1) is 13.6. The van der Waals surface area contributed by atoms with E-state index in [1.54, 1.807) is 0 Å². The molecule has 1 aliphatic carbocycles. The van der Waals surface area contributed by atoms with Crippen LogP contribution in [0, 0.1) is 0 Å². The van der Waals surface area contributed by atoms with Gasteiger partial charge in [0, 0.05) is 11.1 Å². The van der Waals surface area contributed by atoms with Crippen LogP contribution in [0.1, 0.15) is 41.8 Å². The zero-order valence-electron chi connectivity index (χ0n) is 16.0. The average Bonchev–Trinajstić information content (AvgIpc) is 3.37. The lowest BCUT2D eigenvalue weighted by molar-refractivity contribution is 0.0993. The van der Waals surface area contributed by atoms with Crippen LogP contribution in [0.2, 0.25) is 0 Å². The molecule has 0 saturated carbocycles. The number of carbonyl (C=O) groups is 1. The van der Waals surface area contributed by atoms with Crippen molar-refractivity contribution in [3.8, 4) is 17.2 Å². The fraction of sp³-hybridized carbons (Fsp3) is 0.318. The molecule has 1 aromatic heterocycles. The Kier molecular flexibility index (Phi) is 5.48. The summed E-state index contributed by atoms with van der Waals surface area (Å²) < 4.78 is 11.2. The summed E-state index contributed by atoms with van der Waals surface area (Å²) in [6.07, 6.45) is 3.35. The lowest BCUT2D eigenvalue weighted by atomic mass is 10.0. The van der Waals surface area contributed by atoms with E-state index in [0.717, 1.165) is 29.7 Å². The van der Waals surface area contributed by atoms with E-state index >= 15 is 0 Å². The molecule has 28 heavy (non-hydrogen) atoms. The molecule has 6 heteroatoms. The van der Waals surface area contributed by atoms with Crippen molar-refractivity contribution in [1.29, 1.82) is 0 Å². The second-order valence-electron chi connectivity index (χ2n) is 6.79. The van der Waals surface area contributed by atoms with Crippen LogP contribution in [0.15, 0.2) is 52.1 Å². The van der Waals surface area contributed by atoms with E-state index < -0.39 is 0 Å². The lowest BCUT2D eigenvalue weighted by Crippen LogP contribution is -2.13. The quantitative estimate of drug-likeness (QED) is 0.416. The normalized spacial score (nSPS) is 13.9. The molecule has 0 amide bonds. The summed E-state index contributed by atoms with van der Waals surface area (Å²) in [5, 5.41) is 8.29. The second-order valence-corrected chi connectivity index (χ2v) is 8.08. The number of ketones is 1. The number of thioether (sulfide) groups is 1. The first-order valence-corrected chi connectivity index (χ1v) is 10.4. The third kappa shape index (κ3) is 3.97. The van der Waals surface area contributed by atoms with Crippen LogP contribution in [0.4, 0.5) is 0 Å². The molecule has 0 unspecified atom stereocenters. The molecule has 0 saturated heterocycles. The summed E-state index contributed by atoms with van der Waals surface area (Å²) in [5.41, 5.74) is 4.25. The van der Waals surface area contributed by atoms with Crippen molar-refractivity contribution in [2.24, 2.45) is 0 Å². The molecule has 0 aliphatic heterocycles. The van der Waals surface area contributed by atoms with E-state index in [1.165, 1.54) is 29.3 Å². The van der Waals surface area contributed by atoms with Crippen LogP contribution < -0.4 is 4.74 Å². The highest BCUT2D eigenvalue weighted by molar-refractivity contribution is 8.00.